The number of hydrogen-bond acceptors (Lipinski definition) is 3. The summed E-state index contributed by atoms with van der Waals surface area (Å²) in [6.07, 6.45) is 4.60. The number of morpholine rings is 1. The second-order valence-corrected chi connectivity index (χ2v) is 6.18. The van der Waals surface area contributed by atoms with Crippen LogP contribution in [-0.2, 0) is 11.2 Å². The van der Waals surface area contributed by atoms with Crippen molar-refractivity contribution in [2.45, 2.75) is 25.7 Å². The summed E-state index contributed by atoms with van der Waals surface area (Å²) in [5, 5.41) is 6.79. The van der Waals surface area contributed by atoms with Crippen LogP contribution in [0.25, 0.3) is 0 Å². The maximum Gasteiger partial charge on any atom is 0.190 e. The second-order valence-electron chi connectivity index (χ2n) is 6.18. The summed E-state index contributed by atoms with van der Waals surface area (Å²) in [7, 11) is 1.83. The van der Waals surface area contributed by atoms with Crippen molar-refractivity contribution in [3.05, 3.63) is 35.9 Å². The van der Waals surface area contributed by atoms with Crippen molar-refractivity contribution >= 4 is 5.96 Å². The predicted molar refractivity (Wildman–Crippen MR) is 101 cm³/mol. The number of hydrogen-bond donors (Lipinski definition) is 2. The average molecular weight is 332 g/mol. The monoisotopic (exact) mass is 332 g/mol. The Balaban J connectivity index is 1.47. The van der Waals surface area contributed by atoms with Crippen LogP contribution < -0.4 is 10.6 Å². The van der Waals surface area contributed by atoms with E-state index in [1.165, 1.54) is 24.9 Å². The van der Waals surface area contributed by atoms with E-state index in [2.05, 4.69) is 50.9 Å². The molecule has 5 heteroatoms. The van der Waals surface area contributed by atoms with Gasteiger partial charge in [-0.25, -0.2) is 0 Å². The second kappa shape index (κ2) is 11.9. The van der Waals surface area contributed by atoms with Gasteiger partial charge in [0.2, 0.25) is 0 Å². The number of unbranched alkanes of at least 4 members (excludes halogenated alkanes) is 1. The van der Waals surface area contributed by atoms with Crippen LogP contribution in [0.2, 0.25) is 0 Å². The van der Waals surface area contributed by atoms with Crippen LogP contribution in [0.1, 0.15) is 24.8 Å². The molecule has 24 heavy (non-hydrogen) atoms. The molecule has 0 amide bonds. The first-order valence-corrected chi connectivity index (χ1v) is 9.17. The number of aliphatic imine (C=N–C) groups is 1. The molecule has 1 fully saturated rings. The highest BCUT2D eigenvalue weighted by Gasteiger charge is 2.08. The average Bonchev–Trinajstić information content (AvgIpc) is 2.65. The van der Waals surface area contributed by atoms with Gasteiger partial charge in [-0.2, -0.15) is 0 Å². The number of rotatable bonds is 9. The first-order valence-electron chi connectivity index (χ1n) is 9.17. The molecule has 0 aromatic heterocycles. The molecule has 0 aliphatic carbocycles. The molecule has 1 aromatic carbocycles. The maximum absolute atomic E-state index is 5.37. The molecular formula is C19H32N4O. The van der Waals surface area contributed by atoms with E-state index in [1.54, 1.807) is 0 Å². The Morgan fingerprint density at radius 2 is 1.75 bits per heavy atom. The summed E-state index contributed by atoms with van der Waals surface area (Å²) >= 11 is 0. The fourth-order valence-electron chi connectivity index (χ4n) is 2.86. The third-order valence-corrected chi connectivity index (χ3v) is 4.30. The zero-order valence-corrected chi connectivity index (χ0v) is 15.0. The van der Waals surface area contributed by atoms with E-state index in [9.17, 15) is 0 Å². The highest BCUT2D eigenvalue weighted by molar-refractivity contribution is 5.79. The normalized spacial score (nSPS) is 16.1. The SMILES string of the molecule is CN=C(NCCCCN1CCOCC1)NCCCc1ccccc1. The van der Waals surface area contributed by atoms with E-state index in [1.807, 2.05) is 7.05 Å². The molecule has 2 N–H and O–H groups in total. The van der Waals surface area contributed by atoms with Gasteiger partial charge in [0, 0.05) is 33.2 Å². The molecule has 0 saturated carbocycles. The number of nitrogens with one attached hydrogen (secondary N) is 2. The Bertz CT molecular complexity index is 458. The van der Waals surface area contributed by atoms with Crippen LogP contribution in [0.15, 0.2) is 35.3 Å². The van der Waals surface area contributed by atoms with Crippen molar-refractivity contribution in [1.82, 2.24) is 15.5 Å². The molecule has 2 rings (SSSR count). The van der Waals surface area contributed by atoms with E-state index >= 15 is 0 Å². The highest BCUT2D eigenvalue weighted by Crippen LogP contribution is 2.01. The van der Waals surface area contributed by atoms with Crippen molar-refractivity contribution in [2.75, 3.05) is 53.0 Å². The number of aryl methyl sites for hydroxylation is 1. The van der Waals surface area contributed by atoms with Gasteiger partial charge in [0.05, 0.1) is 13.2 Å². The highest BCUT2D eigenvalue weighted by atomic mass is 16.5. The van der Waals surface area contributed by atoms with Crippen LogP contribution >= 0.6 is 0 Å². The lowest BCUT2D eigenvalue weighted by molar-refractivity contribution is 0.0372. The fraction of sp³-hybridized carbons (Fsp3) is 0.632. The molecule has 0 bridgehead atoms. The lowest BCUT2D eigenvalue weighted by Crippen LogP contribution is -2.39. The lowest BCUT2D eigenvalue weighted by Gasteiger charge is -2.26. The summed E-state index contributed by atoms with van der Waals surface area (Å²) in [5.74, 6) is 0.912. The lowest BCUT2D eigenvalue weighted by atomic mass is 10.1. The largest absolute Gasteiger partial charge is 0.379 e. The van der Waals surface area contributed by atoms with Crippen molar-refractivity contribution < 1.29 is 4.74 Å². The summed E-state index contributed by atoms with van der Waals surface area (Å²) < 4.78 is 5.37. The van der Waals surface area contributed by atoms with E-state index in [0.717, 1.165) is 58.2 Å². The minimum Gasteiger partial charge on any atom is -0.379 e. The van der Waals surface area contributed by atoms with Crippen molar-refractivity contribution in [2.24, 2.45) is 4.99 Å². The Morgan fingerprint density at radius 3 is 2.46 bits per heavy atom. The van der Waals surface area contributed by atoms with Crippen molar-refractivity contribution in [3.63, 3.8) is 0 Å². The Hall–Kier alpha value is -1.59. The standard InChI is InChI=1S/C19H32N4O/c1-20-19(22-12-7-10-18-8-3-2-4-9-18)21-11-5-6-13-23-14-16-24-17-15-23/h2-4,8-9H,5-7,10-17H2,1H3,(H2,20,21,22). The van der Waals surface area contributed by atoms with Crippen molar-refractivity contribution in [1.29, 1.82) is 0 Å². The van der Waals surface area contributed by atoms with Crippen LogP contribution in [0, 0.1) is 0 Å². The van der Waals surface area contributed by atoms with Crippen LogP contribution in [0.5, 0.6) is 0 Å². The molecule has 0 radical (unpaired) electrons. The molecule has 134 valence electrons. The third kappa shape index (κ3) is 7.79. The van der Waals surface area contributed by atoms with Gasteiger partial charge in [0.1, 0.15) is 0 Å². The summed E-state index contributed by atoms with van der Waals surface area (Å²) in [4.78, 5) is 6.77. The number of benzene rings is 1. The van der Waals surface area contributed by atoms with Gasteiger partial charge in [-0.05, 0) is 37.8 Å². The third-order valence-electron chi connectivity index (χ3n) is 4.30. The smallest absolute Gasteiger partial charge is 0.190 e. The van der Waals surface area contributed by atoms with Crippen LogP contribution in [0.3, 0.4) is 0 Å². The van der Waals surface area contributed by atoms with Gasteiger partial charge < -0.3 is 15.4 Å². The summed E-state index contributed by atoms with van der Waals surface area (Å²) in [6, 6.07) is 10.6. The van der Waals surface area contributed by atoms with Gasteiger partial charge >= 0.3 is 0 Å². The molecule has 1 heterocycles. The van der Waals surface area contributed by atoms with Crippen LogP contribution in [0.4, 0.5) is 0 Å². The molecular weight excluding hydrogens is 300 g/mol. The quantitative estimate of drug-likeness (QED) is 0.412. The Kier molecular flexibility index (Phi) is 9.27. The van der Waals surface area contributed by atoms with E-state index < -0.39 is 0 Å². The zero-order chi connectivity index (χ0) is 16.9. The summed E-state index contributed by atoms with van der Waals surface area (Å²) in [6.45, 7) is 7.03. The first-order chi connectivity index (χ1) is 11.9. The minimum atomic E-state index is 0.887. The molecule has 1 aliphatic heterocycles. The predicted octanol–water partition coefficient (Wildman–Crippen LogP) is 1.90. The molecule has 5 nitrogen and oxygen atoms in total. The first kappa shape index (κ1) is 18.7. The fourth-order valence-corrected chi connectivity index (χ4v) is 2.86. The Labute approximate surface area is 146 Å². The van der Waals surface area contributed by atoms with Gasteiger partial charge in [0.15, 0.2) is 5.96 Å². The molecule has 0 atom stereocenters. The molecule has 0 unspecified atom stereocenters. The van der Waals surface area contributed by atoms with Crippen LogP contribution in [-0.4, -0.2) is 63.8 Å². The van der Waals surface area contributed by atoms with Gasteiger partial charge in [-0.3, -0.25) is 9.89 Å². The zero-order valence-electron chi connectivity index (χ0n) is 15.0. The molecule has 1 aliphatic rings. The minimum absolute atomic E-state index is 0.887. The van der Waals surface area contributed by atoms with E-state index in [0.29, 0.717) is 0 Å². The van der Waals surface area contributed by atoms with Crippen molar-refractivity contribution in [3.8, 4) is 0 Å². The Morgan fingerprint density at radius 1 is 1.04 bits per heavy atom. The molecule has 0 spiro atoms. The summed E-state index contributed by atoms with van der Waals surface area (Å²) in [5.41, 5.74) is 1.39. The van der Waals surface area contributed by atoms with Gasteiger partial charge in [-0.15, -0.1) is 0 Å². The number of guanidine groups is 1. The number of nitrogens with zero attached hydrogens (tertiary/aromatic N) is 2. The number of ether oxygens (including phenoxy) is 1. The molecule has 1 saturated heterocycles. The topological polar surface area (TPSA) is 48.9 Å². The van der Waals surface area contributed by atoms with E-state index in [4.69, 9.17) is 4.74 Å². The maximum atomic E-state index is 5.37. The van der Waals surface area contributed by atoms with E-state index in [-0.39, 0.29) is 0 Å². The van der Waals surface area contributed by atoms with Gasteiger partial charge in [0.25, 0.3) is 0 Å². The van der Waals surface area contributed by atoms with Gasteiger partial charge in [-0.1, -0.05) is 30.3 Å². The molecule has 1 aromatic rings.